The van der Waals surface area contributed by atoms with Crippen molar-refractivity contribution in [2.75, 3.05) is 19.7 Å². The average molecular weight is 387 g/mol. The number of hydrogen-bond acceptors (Lipinski definition) is 10. The van der Waals surface area contributed by atoms with E-state index >= 15 is 0 Å². The fourth-order valence-electron chi connectivity index (χ4n) is 1.83. The molecule has 0 aromatic rings. The molecule has 8 N–H and O–H groups in total. The maximum Gasteiger partial charge on any atom is 0.217 e. The molecule has 12 nitrogen and oxygen atoms in total. The molecule has 4 atom stereocenters. The van der Waals surface area contributed by atoms with Crippen molar-refractivity contribution in [1.29, 1.82) is 0 Å². The highest BCUT2D eigenvalue weighted by molar-refractivity contribution is 7.43. The number of hydrogen-bond donors (Lipinski definition) is 5. The van der Waals surface area contributed by atoms with Gasteiger partial charge in [-0.25, -0.2) is 0 Å². The first-order chi connectivity index (χ1) is 11.5. The molecule has 0 fully saturated rings. The number of aliphatic hydroxyl groups is 3. The van der Waals surface area contributed by atoms with Gasteiger partial charge in [-0.1, -0.05) is 0 Å². The number of phosphoric ester groups is 1. The fraction of sp³-hybridized carbons (Fsp3) is 0.833. The molecule has 0 aromatic heterocycles. The molecule has 0 saturated carbocycles. The van der Waals surface area contributed by atoms with Crippen molar-refractivity contribution in [2.24, 2.45) is 0 Å². The summed E-state index contributed by atoms with van der Waals surface area (Å²) >= 11 is 0. The second-order valence-electron chi connectivity index (χ2n) is 5.51. The van der Waals surface area contributed by atoms with Crippen LogP contribution >= 0.6 is 7.82 Å². The molecule has 0 rings (SSSR count). The van der Waals surface area contributed by atoms with Crippen molar-refractivity contribution < 1.29 is 59.9 Å². The number of ketones is 1. The smallest absolute Gasteiger partial charge is 0.217 e. The molecule has 0 aliphatic rings. The number of carbonyl (C=O) groups excluding carboxylic acids is 2. The van der Waals surface area contributed by atoms with E-state index in [1.165, 1.54) is 5.32 Å². The minimum atomic E-state index is -5.34. The predicted molar refractivity (Wildman–Crippen MR) is 73.8 cm³/mol. The second kappa shape index (κ2) is 11.6. The molecule has 0 spiro atoms. The van der Waals surface area contributed by atoms with Crippen LogP contribution in [0.5, 0.6) is 0 Å². The Bertz CT molecular complexity index is 471. The maximum absolute atomic E-state index is 11.7. The average Bonchev–Trinajstić information content (AvgIpc) is 2.52. The molecule has 0 unspecified atom stereocenters. The lowest BCUT2D eigenvalue weighted by atomic mass is 10.0. The van der Waals surface area contributed by atoms with E-state index in [0.29, 0.717) is 25.8 Å². The lowest BCUT2D eigenvalue weighted by Crippen LogP contribution is -2.86. The molecule has 0 amide bonds. The monoisotopic (exact) mass is 387 g/mol. The van der Waals surface area contributed by atoms with E-state index in [4.69, 9.17) is 0 Å². The zero-order valence-corrected chi connectivity index (χ0v) is 14.4. The molecule has 0 aromatic carbocycles. The van der Waals surface area contributed by atoms with Crippen LogP contribution in [0.1, 0.15) is 19.3 Å². The number of unbranched alkanes of at least 4 members (excludes halogenated alkanes) is 1. The summed E-state index contributed by atoms with van der Waals surface area (Å²) in [5.41, 5.74) is 3.40. The van der Waals surface area contributed by atoms with Gasteiger partial charge in [0.2, 0.25) is 5.78 Å². The van der Waals surface area contributed by atoms with Gasteiger partial charge in [0.05, 0.1) is 26.9 Å². The van der Waals surface area contributed by atoms with Gasteiger partial charge in [-0.15, -0.1) is 0 Å². The van der Waals surface area contributed by atoms with Crippen LogP contribution in [-0.4, -0.2) is 71.1 Å². The summed E-state index contributed by atoms with van der Waals surface area (Å²) in [6, 6.07) is -0.805. The van der Waals surface area contributed by atoms with Crippen LogP contribution < -0.4 is 25.9 Å². The van der Waals surface area contributed by atoms with Gasteiger partial charge in [0, 0.05) is 6.42 Å². The SMILES string of the molecule is [NH3+][C@@H](CCCC[NH2+]CC(=O)[C@@H](O)[C@H](O)[C@H](O)COP(=O)([O-])[O-])C(=O)[O-]. The summed E-state index contributed by atoms with van der Waals surface area (Å²) in [5, 5.41) is 40.5. The highest BCUT2D eigenvalue weighted by Gasteiger charge is 2.31. The molecule has 0 heterocycles. The Labute approximate surface area is 143 Å². The van der Waals surface area contributed by atoms with Gasteiger partial charge in [-0.3, -0.25) is 4.79 Å². The van der Waals surface area contributed by atoms with Crippen LogP contribution in [0, 0.1) is 0 Å². The van der Waals surface area contributed by atoms with E-state index in [1.54, 1.807) is 0 Å². The third-order valence-corrected chi connectivity index (χ3v) is 3.81. The normalized spacial score (nSPS) is 16.9. The Balaban J connectivity index is 4.01. The van der Waals surface area contributed by atoms with Crippen molar-refractivity contribution >= 4 is 19.6 Å². The van der Waals surface area contributed by atoms with Crippen LogP contribution in [0.25, 0.3) is 0 Å². The van der Waals surface area contributed by atoms with Gasteiger partial charge in [0.15, 0.2) is 0 Å². The molecular weight excluding hydrogens is 363 g/mol. The first-order valence-corrected chi connectivity index (χ1v) is 9.01. The zero-order valence-electron chi connectivity index (χ0n) is 13.5. The molecule has 0 aliphatic carbocycles. The Hall–Kier alpha value is -0.950. The number of carbonyl (C=O) groups is 2. The zero-order chi connectivity index (χ0) is 19.6. The van der Waals surface area contributed by atoms with E-state index in [9.17, 15) is 44.4 Å². The molecule has 0 saturated heterocycles. The second-order valence-corrected chi connectivity index (χ2v) is 6.66. The van der Waals surface area contributed by atoms with Crippen molar-refractivity contribution in [1.82, 2.24) is 0 Å². The molecule has 13 heteroatoms. The topological polar surface area (TPSA) is 235 Å². The Kier molecular flexibility index (Phi) is 11.2. The van der Waals surface area contributed by atoms with E-state index in [2.05, 4.69) is 10.3 Å². The summed E-state index contributed by atoms with van der Waals surface area (Å²) < 4.78 is 14.0. The summed E-state index contributed by atoms with van der Waals surface area (Å²) in [6.45, 7) is -0.846. The van der Waals surface area contributed by atoms with Crippen molar-refractivity contribution in [3.8, 4) is 0 Å². The lowest BCUT2D eigenvalue weighted by molar-refractivity contribution is -0.644. The Morgan fingerprint density at radius 3 is 2.32 bits per heavy atom. The van der Waals surface area contributed by atoms with Gasteiger partial charge in [0.1, 0.15) is 30.9 Å². The molecule has 25 heavy (non-hydrogen) atoms. The first-order valence-electron chi connectivity index (χ1n) is 7.54. The number of nitrogens with two attached hydrogens (primary N) is 1. The summed E-state index contributed by atoms with van der Waals surface area (Å²) in [4.78, 5) is 42.6. The quantitative estimate of drug-likeness (QED) is 0.139. The molecule has 0 aliphatic heterocycles. The summed E-state index contributed by atoms with van der Waals surface area (Å²) in [5.74, 6) is -2.05. The number of carboxylic acid groups (broad SMARTS) is 1. The minimum Gasteiger partial charge on any atom is -0.790 e. The largest absolute Gasteiger partial charge is 0.790 e. The number of aliphatic carboxylic acids is 1. The predicted octanol–water partition coefficient (Wildman–Crippen LogP) is -7.42. The van der Waals surface area contributed by atoms with Crippen LogP contribution in [-0.2, 0) is 18.7 Å². The molecule has 0 bridgehead atoms. The van der Waals surface area contributed by atoms with Crippen LogP contribution in [0.2, 0.25) is 0 Å². The van der Waals surface area contributed by atoms with Crippen LogP contribution in [0.3, 0.4) is 0 Å². The van der Waals surface area contributed by atoms with Crippen LogP contribution in [0.15, 0.2) is 0 Å². The number of phosphoric acid groups is 1. The Morgan fingerprint density at radius 1 is 1.20 bits per heavy atom. The van der Waals surface area contributed by atoms with E-state index in [0.717, 1.165) is 0 Å². The van der Waals surface area contributed by atoms with Gasteiger partial charge in [-0.2, -0.15) is 0 Å². The van der Waals surface area contributed by atoms with Gasteiger partial charge < -0.3 is 55.1 Å². The summed E-state index contributed by atoms with van der Waals surface area (Å²) in [6.07, 6.45) is -4.45. The van der Waals surface area contributed by atoms with E-state index in [-0.39, 0.29) is 6.54 Å². The Morgan fingerprint density at radius 2 is 1.80 bits per heavy atom. The summed E-state index contributed by atoms with van der Waals surface area (Å²) in [7, 11) is -5.34. The van der Waals surface area contributed by atoms with Crippen molar-refractivity contribution in [3.05, 3.63) is 0 Å². The van der Waals surface area contributed by atoms with E-state index < -0.39 is 50.5 Å². The van der Waals surface area contributed by atoms with Gasteiger partial charge in [0.25, 0.3) is 0 Å². The number of Topliss-reactive ketones (excluding diaryl/α,β-unsaturated/α-hetero) is 1. The highest BCUT2D eigenvalue weighted by atomic mass is 31.2. The number of aliphatic hydroxyl groups excluding tert-OH is 3. The molecule has 148 valence electrons. The van der Waals surface area contributed by atoms with Crippen molar-refractivity contribution in [3.63, 3.8) is 0 Å². The van der Waals surface area contributed by atoms with Gasteiger partial charge >= 0.3 is 0 Å². The fourth-order valence-corrected chi connectivity index (χ4v) is 2.16. The third kappa shape index (κ3) is 11.3. The van der Waals surface area contributed by atoms with E-state index in [1.807, 2.05) is 0 Å². The third-order valence-electron chi connectivity index (χ3n) is 3.34. The number of quaternary nitrogens is 2. The number of carboxylic acids is 1. The standard InChI is InChI=1S/C12H25N2O10P/c13-7(12(19)20)3-1-2-4-14-5-8(15)10(17)11(18)9(16)6-24-25(21,22)23/h7,9-11,14,16-18H,1-6,13H2,(H,19,20)(H2,21,22,23)/p-1/t7-,9+,10+,11+/m0/s1. The maximum atomic E-state index is 11.7. The lowest BCUT2D eigenvalue weighted by Gasteiger charge is -2.31. The van der Waals surface area contributed by atoms with Gasteiger partial charge in [-0.05, 0) is 12.8 Å². The van der Waals surface area contributed by atoms with Crippen LogP contribution in [0.4, 0.5) is 0 Å². The highest BCUT2D eigenvalue weighted by Crippen LogP contribution is 2.24. The molecule has 0 radical (unpaired) electrons. The van der Waals surface area contributed by atoms with Crippen molar-refractivity contribution in [2.45, 2.75) is 43.6 Å². The first kappa shape index (κ1) is 24.1. The number of rotatable bonds is 14. The molecular formula is C12H24N2O10P-. The minimum absolute atomic E-state index is 0.221.